The average Bonchev–Trinajstić information content (AvgIpc) is 3.08. The summed E-state index contributed by atoms with van der Waals surface area (Å²) in [7, 11) is 0. The molecule has 47 heavy (non-hydrogen) atoms. The molecule has 1 saturated carbocycles. The molecule has 2 atom stereocenters. The van der Waals surface area contributed by atoms with Gasteiger partial charge in [0.05, 0.1) is 0 Å². The first-order valence-electron chi connectivity index (χ1n) is 18.7. The highest BCUT2D eigenvalue weighted by molar-refractivity contribution is 5.51. The molecule has 1 aliphatic carbocycles. The van der Waals surface area contributed by atoms with Crippen LogP contribution in [-0.4, -0.2) is 0 Å². The molecule has 0 spiro atoms. The summed E-state index contributed by atoms with van der Waals surface area (Å²) in [6, 6.07) is 32.6. The Hall–Kier alpha value is -3.52. The zero-order valence-corrected chi connectivity index (χ0v) is 30.0. The van der Waals surface area contributed by atoms with Crippen LogP contribution in [0.4, 0.5) is 11.4 Å². The second-order valence-electron chi connectivity index (χ2n) is 14.7. The Labute approximate surface area is 286 Å². The van der Waals surface area contributed by atoms with E-state index in [1.165, 1.54) is 95.9 Å². The number of hydrogen-bond donors (Lipinski definition) is 2. The first-order valence-corrected chi connectivity index (χ1v) is 18.7. The lowest BCUT2D eigenvalue weighted by Crippen LogP contribution is -2.33. The van der Waals surface area contributed by atoms with Crippen LogP contribution in [0.2, 0.25) is 0 Å². The van der Waals surface area contributed by atoms with Crippen LogP contribution in [0.3, 0.4) is 0 Å². The minimum atomic E-state index is 0.0626. The molecule has 0 aliphatic heterocycles. The van der Waals surface area contributed by atoms with Crippen molar-refractivity contribution < 1.29 is 0 Å². The van der Waals surface area contributed by atoms with Crippen LogP contribution in [0.1, 0.15) is 154 Å². The lowest BCUT2D eigenvalue weighted by Gasteiger charge is -2.42. The SMILES string of the molecule is CCCCCC1CCC(c2ccc(C(CCC)c3ccc(N)cc3C)cc2)(c2ccc(C(CCC)c3ccc(N)cc3C)cc2)CC1. The molecule has 1 fully saturated rings. The first kappa shape index (κ1) is 34.8. The van der Waals surface area contributed by atoms with Gasteiger partial charge in [-0.2, -0.15) is 0 Å². The second kappa shape index (κ2) is 16.1. The molecule has 4 N–H and O–H groups in total. The van der Waals surface area contributed by atoms with Crippen LogP contribution in [0, 0.1) is 19.8 Å². The molecular weight excluding hydrogens is 569 g/mol. The van der Waals surface area contributed by atoms with Crippen LogP contribution in [-0.2, 0) is 5.41 Å². The van der Waals surface area contributed by atoms with Gasteiger partial charge in [-0.3, -0.25) is 0 Å². The number of hydrogen-bond acceptors (Lipinski definition) is 2. The number of aryl methyl sites for hydroxylation is 2. The van der Waals surface area contributed by atoms with E-state index < -0.39 is 0 Å². The van der Waals surface area contributed by atoms with Gasteiger partial charge in [0, 0.05) is 28.6 Å². The van der Waals surface area contributed by atoms with E-state index in [1.807, 2.05) is 0 Å². The van der Waals surface area contributed by atoms with Gasteiger partial charge in [0.1, 0.15) is 0 Å². The number of anilines is 2. The van der Waals surface area contributed by atoms with E-state index >= 15 is 0 Å². The summed E-state index contributed by atoms with van der Waals surface area (Å²) in [5.41, 5.74) is 25.2. The van der Waals surface area contributed by atoms with Gasteiger partial charge in [-0.05, 0) is 127 Å². The summed E-state index contributed by atoms with van der Waals surface area (Å²) in [4.78, 5) is 0. The van der Waals surface area contributed by atoms with Crippen LogP contribution in [0.15, 0.2) is 84.9 Å². The molecule has 0 aromatic heterocycles. The molecule has 4 aromatic carbocycles. The summed E-state index contributed by atoms with van der Waals surface area (Å²) in [6.07, 6.45) is 15.1. The summed E-state index contributed by atoms with van der Waals surface area (Å²) in [5, 5.41) is 0. The largest absolute Gasteiger partial charge is 0.399 e. The van der Waals surface area contributed by atoms with Gasteiger partial charge >= 0.3 is 0 Å². The molecular formula is C45H60N2. The summed E-state index contributed by atoms with van der Waals surface area (Å²) < 4.78 is 0. The molecule has 0 radical (unpaired) electrons. The Bertz CT molecular complexity index is 1450. The molecule has 0 heterocycles. The number of unbranched alkanes of at least 4 members (excludes halogenated alkanes) is 2. The van der Waals surface area contributed by atoms with Gasteiger partial charge in [-0.1, -0.05) is 120 Å². The van der Waals surface area contributed by atoms with Crippen LogP contribution >= 0.6 is 0 Å². The van der Waals surface area contributed by atoms with E-state index in [0.717, 1.165) is 43.0 Å². The topological polar surface area (TPSA) is 52.0 Å². The van der Waals surface area contributed by atoms with Crippen molar-refractivity contribution in [2.75, 3.05) is 11.5 Å². The molecule has 2 nitrogen and oxygen atoms in total. The van der Waals surface area contributed by atoms with Crippen molar-refractivity contribution in [2.24, 2.45) is 5.92 Å². The average molecular weight is 629 g/mol. The van der Waals surface area contributed by atoms with Gasteiger partial charge in [0.15, 0.2) is 0 Å². The molecule has 0 amide bonds. The van der Waals surface area contributed by atoms with E-state index in [0.29, 0.717) is 11.8 Å². The Morgan fingerprint density at radius 1 is 0.596 bits per heavy atom. The standard InChI is InChI=1S/C45H60N2/c1-6-9-10-13-34-26-28-45(29-27-34,37-18-14-35(15-19-37)43(11-7-2)41-24-22-39(46)30-32(41)4)38-20-16-36(17-21-38)44(12-8-3)42-25-23-40(47)31-33(42)5/h14-25,30-31,34,43-44H,6-13,26-29,46-47H2,1-5H3. The second-order valence-corrected chi connectivity index (χ2v) is 14.7. The van der Waals surface area contributed by atoms with E-state index in [9.17, 15) is 0 Å². The summed E-state index contributed by atoms with van der Waals surface area (Å²) >= 11 is 0. The first-order chi connectivity index (χ1) is 22.8. The predicted octanol–water partition coefficient (Wildman–Crippen LogP) is 12.4. The van der Waals surface area contributed by atoms with E-state index in [-0.39, 0.29) is 5.41 Å². The van der Waals surface area contributed by atoms with Crippen molar-refractivity contribution in [3.8, 4) is 0 Å². The fourth-order valence-corrected chi connectivity index (χ4v) is 8.72. The fraction of sp³-hybridized carbons (Fsp3) is 0.467. The Morgan fingerprint density at radius 2 is 1.04 bits per heavy atom. The van der Waals surface area contributed by atoms with E-state index in [1.54, 1.807) is 0 Å². The third kappa shape index (κ3) is 7.97. The monoisotopic (exact) mass is 628 g/mol. The zero-order valence-electron chi connectivity index (χ0n) is 30.0. The lowest BCUT2D eigenvalue weighted by molar-refractivity contribution is 0.250. The Kier molecular flexibility index (Phi) is 11.9. The van der Waals surface area contributed by atoms with Gasteiger partial charge in [0.25, 0.3) is 0 Å². The third-order valence-electron chi connectivity index (χ3n) is 11.4. The van der Waals surface area contributed by atoms with Crippen molar-refractivity contribution in [1.82, 2.24) is 0 Å². The Balaban J connectivity index is 1.48. The fourth-order valence-electron chi connectivity index (χ4n) is 8.72. The lowest BCUT2D eigenvalue weighted by atomic mass is 9.62. The van der Waals surface area contributed by atoms with Gasteiger partial charge in [-0.15, -0.1) is 0 Å². The molecule has 0 bridgehead atoms. The molecule has 2 heteroatoms. The number of benzene rings is 4. The highest BCUT2D eigenvalue weighted by Gasteiger charge is 2.38. The molecule has 1 aliphatic rings. The van der Waals surface area contributed by atoms with Crippen LogP contribution in [0.25, 0.3) is 0 Å². The highest BCUT2D eigenvalue weighted by Crippen LogP contribution is 2.48. The molecule has 5 rings (SSSR count). The molecule has 4 aromatic rings. The van der Waals surface area contributed by atoms with Crippen molar-refractivity contribution in [3.63, 3.8) is 0 Å². The minimum absolute atomic E-state index is 0.0626. The summed E-state index contributed by atoms with van der Waals surface area (Å²) in [5.74, 6) is 1.65. The van der Waals surface area contributed by atoms with E-state index in [4.69, 9.17) is 11.5 Å². The smallest absolute Gasteiger partial charge is 0.0316 e. The van der Waals surface area contributed by atoms with E-state index in [2.05, 4.69) is 120 Å². The quantitative estimate of drug-likeness (QED) is 0.108. The maximum atomic E-state index is 6.13. The minimum Gasteiger partial charge on any atom is -0.399 e. The van der Waals surface area contributed by atoms with Crippen molar-refractivity contribution in [1.29, 1.82) is 0 Å². The van der Waals surface area contributed by atoms with Crippen molar-refractivity contribution in [3.05, 3.63) is 129 Å². The van der Waals surface area contributed by atoms with Crippen molar-refractivity contribution in [2.45, 2.75) is 129 Å². The van der Waals surface area contributed by atoms with Gasteiger partial charge in [-0.25, -0.2) is 0 Å². The van der Waals surface area contributed by atoms with Gasteiger partial charge in [0.2, 0.25) is 0 Å². The summed E-state index contributed by atoms with van der Waals surface area (Å²) in [6.45, 7) is 11.3. The predicted molar refractivity (Wildman–Crippen MR) is 204 cm³/mol. The Morgan fingerprint density at radius 3 is 1.43 bits per heavy atom. The zero-order chi connectivity index (χ0) is 33.4. The normalized spacial score (nSPS) is 19.4. The number of nitrogens with two attached hydrogens (primary N) is 2. The number of nitrogen functional groups attached to an aromatic ring is 2. The third-order valence-corrected chi connectivity index (χ3v) is 11.4. The molecule has 2 unspecified atom stereocenters. The van der Waals surface area contributed by atoms with Crippen LogP contribution in [0.5, 0.6) is 0 Å². The van der Waals surface area contributed by atoms with Crippen LogP contribution < -0.4 is 11.5 Å². The maximum Gasteiger partial charge on any atom is 0.0316 e. The van der Waals surface area contributed by atoms with Crippen molar-refractivity contribution >= 4 is 11.4 Å². The molecule has 0 saturated heterocycles. The molecule has 250 valence electrons. The maximum absolute atomic E-state index is 6.13. The van der Waals surface area contributed by atoms with Gasteiger partial charge < -0.3 is 11.5 Å². The highest BCUT2D eigenvalue weighted by atomic mass is 14.5. The number of rotatable bonds is 14.